The average Bonchev–Trinajstić information content (AvgIpc) is 3.15. The Hall–Kier alpha value is -4.39. The van der Waals surface area contributed by atoms with Gasteiger partial charge in [0.2, 0.25) is 0 Å². The molecular weight excluding hydrogens is 494 g/mol. The normalized spacial score (nSPS) is 16.6. The van der Waals surface area contributed by atoms with Crippen molar-refractivity contribution >= 4 is 29.1 Å². The number of aliphatic hydroxyl groups is 1. The largest absolute Gasteiger partial charge is 0.507 e. The van der Waals surface area contributed by atoms with E-state index < -0.39 is 23.7 Å². The van der Waals surface area contributed by atoms with E-state index in [-0.39, 0.29) is 17.3 Å². The molecule has 0 aromatic heterocycles. The fraction of sp³-hybridized carbons (Fsp3) is 0.281. The van der Waals surface area contributed by atoms with Crippen molar-refractivity contribution in [3.8, 4) is 11.5 Å². The molecule has 1 heterocycles. The number of ketones is 1. The first-order chi connectivity index (χ1) is 18.4. The van der Waals surface area contributed by atoms with Crippen LogP contribution in [0.15, 0.2) is 60.2 Å². The van der Waals surface area contributed by atoms with Gasteiger partial charge < -0.3 is 14.6 Å². The van der Waals surface area contributed by atoms with Gasteiger partial charge in [0.25, 0.3) is 11.7 Å². The first kappa shape index (κ1) is 27.6. The molecule has 3 aromatic rings. The van der Waals surface area contributed by atoms with Crippen LogP contribution in [-0.2, 0) is 14.4 Å². The van der Waals surface area contributed by atoms with Crippen LogP contribution in [0.2, 0.25) is 0 Å². The van der Waals surface area contributed by atoms with Crippen LogP contribution >= 0.6 is 0 Å². The second kappa shape index (κ2) is 10.8. The highest BCUT2D eigenvalue weighted by Gasteiger charge is 2.47. The van der Waals surface area contributed by atoms with Crippen LogP contribution in [-0.4, -0.2) is 29.9 Å². The van der Waals surface area contributed by atoms with Crippen LogP contribution in [0.3, 0.4) is 0 Å². The fourth-order valence-corrected chi connectivity index (χ4v) is 4.90. The standard InChI is InChI=1S/C32H33NO6/c1-17(2)25-16-26(20(5)15-27(25)38-7)30(35)28-29(22-9-12-24(13-10-22)39-21(6)34)33(32(37)31(28)36)23-11-8-18(3)19(4)14-23/h8-17,29,35H,1-7H3/b30-28+. The number of esters is 1. The number of hydrogen-bond acceptors (Lipinski definition) is 6. The van der Waals surface area contributed by atoms with E-state index in [1.165, 1.54) is 11.8 Å². The number of rotatable bonds is 6. The predicted molar refractivity (Wildman–Crippen MR) is 150 cm³/mol. The topological polar surface area (TPSA) is 93.1 Å². The van der Waals surface area contributed by atoms with E-state index in [2.05, 4.69) is 0 Å². The lowest BCUT2D eigenvalue weighted by atomic mass is 9.91. The molecule has 1 saturated heterocycles. The molecule has 1 fully saturated rings. The second-order valence-corrected chi connectivity index (χ2v) is 10.2. The van der Waals surface area contributed by atoms with Crippen LogP contribution in [0.4, 0.5) is 5.69 Å². The van der Waals surface area contributed by atoms with Crippen molar-refractivity contribution in [3.05, 3.63) is 93.6 Å². The highest BCUT2D eigenvalue weighted by molar-refractivity contribution is 6.51. The number of hydrogen-bond donors (Lipinski definition) is 1. The smallest absolute Gasteiger partial charge is 0.308 e. The molecule has 202 valence electrons. The molecule has 1 atom stereocenters. The van der Waals surface area contributed by atoms with Crippen molar-refractivity contribution in [3.63, 3.8) is 0 Å². The number of methoxy groups -OCH3 is 1. The Balaban J connectivity index is 1.97. The van der Waals surface area contributed by atoms with Gasteiger partial charge in [0.05, 0.1) is 18.7 Å². The number of benzene rings is 3. The summed E-state index contributed by atoms with van der Waals surface area (Å²) in [6.07, 6.45) is 0. The Morgan fingerprint density at radius 1 is 0.923 bits per heavy atom. The van der Waals surface area contributed by atoms with Crippen molar-refractivity contribution in [1.29, 1.82) is 0 Å². The van der Waals surface area contributed by atoms with Gasteiger partial charge in [-0.15, -0.1) is 0 Å². The molecule has 0 radical (unpaired) electrons. The minimum absolute atomic E-state index is 0.0126. The lowest BCUT2D eigenvalue weighted by Gasteiger charge is -2.26. The molecule has 4 rings (SSSR count). The first-order valence-electron chi connectivity index (χ1n) is 12.8. The molecule has 0 bridgehead atoms. The molecule has 7 nitrogen and oxygen atoms in total. The zero-order chi connectivity index (χ0) is 28.6. The lowest BCUT2D eigenvalue weighted by Crippen LogP contribution is -2.29. The molecule has 1 N–H and O–H groups in total. The highest BCUT2D eigenvalue weighted by Crippen LogP contribution is 2.44. The van der Waals surface area contributed by atoms with Crippen molar-refractivity contribution in [1.82, 2.24) is 0 Å². The Morgan fingerprint density at radius 3 is 2.15 bits per heavy atom. The Labute approximate surface area is 228 Å². The van der Waals surface area contributed by atoms with E-state index in [0.717, 1.165) is 16.7 Å². The van der Waals surface area contributed by atoms with Crippen molar-refractivity contribution in [2.24, 2.45) is 0 Å². The highest BCUT2D eigenvalue weighted by atomic mass is 16.5. The second-order valence-electron chi connectivity index (χ2n) is 10.2. The van der Waals surface area contributed by atoms with Gasteiger partial charge in [-0.25, -0.2) is 0 Å². The van der Waals surface area contributed by atoms with Gasteiger partial charge in [-0.3, -0.25) is 19.3 Å². The minimum Gasteiger partial charge on any atom is -0.507 e. The zero-order valence-corrected chi connectivity index (χ0v) is 23.3. The zero-order valence-electron chi connectivity index (χ0n) is 23.3. The average molecular weight is 528 g/mol. The third kappa shape index (κ3) is 5.17. The molecule has 39 heavy (non-hydrogen) atoms. The molecule has 7 heteroatoms. The number of nitrogens with zero attached hydrogens (tertiary/aromatic N) is 1. The van der Waals surface area contributed by atoms with Crippen LogP contribution < -0.4 is 14.4 Å². The van der Waals surface area contributed by atoms with Gasteiger partial charge in [0.1, 0.15) is 17.3 Å². The van der Waals surface area contributed by atoms with Crippen LogP contribution in [0.5, 0.6) is 11.5 Å². The van der Waals surface area contributed by atoms with Gasteiger partial charge >= 0.3 is 5.97 Å². The number of aliphatic hydroxyl groups excluding tert-OH is 1. The van der Waals surface area contributed by atoms with Gasteiger partial charge in [-0.2, -0.15) is 0 Å². The summed E-state index contributed by atoms with van der Waals surface area (Å²) in [5.41, 5.74) is 5.16. The number of ether oxygens (including phenoxy) is 2. The third-order valence-corrected chi connectivity index (χ3v) is 7.12. The number of anilines is 1. The fourth-order valence-electron chi connectivity index (χ4n) is 4.90. The summed E-state index contributed by atoms with van der Waals surface area (Å²) in [6.45, 7) is 11.1. The molecule has 1 aliphatic heterocycles. The number of aryl methyl sites for hydroxylation is 3. The summed E-state index contributed by atoms with van der Waals surface area (Å²) in [5, 5.41) is 11.7. The van der Waals surface area contributed by atoms with Gasteiger partial charge in [-0.1, -0.05) is 32.0 Å². The van der Waals surface area contributed by atoms with E-state index in [9.17, 15) is 19.5 Å². The quantitative estimate of drug-likeness (QED) is 0.133. The first-order valence-corrected chi connectivity index (χ1v) is 12.8. The van der Waals surface area contributed by atoms with Crippen molar-refractivity contribution in [2.75, 3.05) is 12.0 Å². The summed E-state index contributed by atoms with van der Waals surface area (Å²) >= 11 is 0. The molecule has 0 spiro atoms. The van der Waals surface area contributed by atoms with E-state index in [0.29, 0.717) is 33.9 Å². The van der Waals surface area contributed by atoms with E-state index >= 15 is 0 Å². The summed E-state index contributed by atoms with van der Waals surface area (Å²) in [7, 11) is 1.59. The number of Topliss-reactive ketones (excluding diaryl/α,β-unsaturated/α-hetero) is 1. The Kier molecular flexibility index (Phi) is 7.63. The summed E-state index contributed by atoms with van der Waals surface area (Å²) in [5.74, 6) is -1.11. The molecule has 1 aliphatic rings. The number of carbonyl (C=O) groups excluding carboxylic acids is 3. The van der Waals surface area contributed by atoms with Crippen LogP contribution in [0, 0.1) is 20.8 Å². The molecular formula is C32H33NO6. The molecule has 3 aromatic carbocycles. The molecule has 0 aliphatic carbocycles. The predicted octanol–water partition coefficient (Wildman–Crippen LogP) is 6.30. The number of carbonyl (C=O) groups is 3. The number of amides is 1. The lowest BCUT2D eigenvalue weighted by molar-refractivity contribution is -0.132. The molecule has 1 unspecified atom stereocenters. The van der Waals surface area contributed by atoms with Crippen LogP contribution in [0.25, 0.3) is 5.76 Å². The summed E-state index contributed by atoms with van der Waals surface area (Å²) in [4.78, 5) is 40.0. The Morgan fingerprint density at radius 2 is 1.59 bits per heavy atom. The van der Waals surface area contributed by atoms with E-state index in [4.69, 9.17) is 9.47 Å². The monoisotopic (exact) mass is 527 g/mol. The van der Waals surface area contributed by atoms with Crippen LogP contribution in [0.1, 0.15) is 66.1 Å². The summed E-state index contributed by atoms with van der Waals surface area (Å²) in [6, 6.07) is 14.9. The molecule has 0 saturated carbocycles. The van der Waals surface area contributed by atoms with Crippen molar-refractivity contribution < 1.29 is 29.0 Å². The maximum Gasteiger partial charge on any atom is 0.308 e. The van der Waals surface area contributed by atoms with Gasteiger partial charge in [-0.05, 0) is 90.9 Å². The maximum absolute atomic E-state index is 13.6. The van der Waals surface area contributed by atoms with Gasteiger partial charge in [0, 0.05) is 18.2 Å². The van der Waals surface area contributed by atoms with E-state index in [1.54, 1.807) is 37.4 Å². The minimum atomic E-state index is -0.900. The van der Waals surface area contributed by atoms with E-state index in [1.807, 2.05) is 58.9 Å². The SMILES string of the molecule is COc1cc(C)c(/C(O)=C2\C(=O)C(=O)N(c3ccc(C)c(C)c3)C2c2ccc(OC(C)=O)cc2)cc1C(C)C. The molecule has 1 amide bonds. The van der Waals surface area contributed by atoms with Crippen molar-refractivity contribution in [2.45, 2.75) is 53.5 Å². The van der Waals surface area contributed by atoms with Gasteiger partial charge in [0.15, 0.2) is 0 Å². The maximum atomic E-state index is 13.6. The summed E-state index contributed by atoms with van der Waals surface area (Å²) < 4.78 is 10.7. The third-order valence-electron chi connectivity index (χ3n) is 7.12. The Bertz CT molecular complexity index is 1500.